The van der Waals surface area contributed by atoms with Crippen molar-refractivity contribution in [2.24, 2.45) is 5.41 Å². The Morgan fingerprint density at radius 2 is 1.67 bits per heavy atom. The second-order valence-electron chi connectivity index (χ2n) is 18.2. The number of anilines is 1. The quantitative estimate of drug-likeness (QED) is 0.138. The molecule has 10 rings (SSSR count). The molecule has 3 saturated heterocycles. The van der Waals surface area contributed by atoms with Gasteiger partial charge in [0.2, 0.25) is 11.8 Å². The first kappa shape index (κ1) is 41.3. The minimum Gasteiger partial charge on any atom is -0.508 e. The normalized spacial score (nSPS) is 22.8. The number of hydrogen-bond acceptors (Lipinski definition) is 12. The highest BCUT2D eigenvalue weighted by molar-refractivity contribution is 6.05. The first-order chi connectivity index (χ1) is 30.6. The van der Waals surface area contributed by atoms with E-state index in [1.165, 1.54) is 0 Å². The number of phenolic OH excluding ortho intramolecular Hbond substituents is 1. The van der Waals surface area contributed by atoms with Crippen LogP contribution in [0.1, 0.15) is 73.9 Å². The van der Waals surface area contributed by atoms with Gasteiger partial charge in [0.1, 0.15) is 28.8 Å². The standard InChI is InChI=1S/C48H54FN9O5/c1-3-32-25-57(26-33(4-2)51-32)44-38-22-50-42(37-21-34(59)20-30-7-5-6-8-35(30)37)41(49)43(38)53-47(54-44)63-28-48(13-14-48)27-56-17-15-55(16-18-56)23-29-9-10-36-31(19-29)24-58(46(36)62)39-11-12-40(60)52-45(39)61/h5-10,19-22,32-33,39,51,59H,3-4,11-18,23-28H2,1-2H3,(H,52,60,61). The molecule has 0 spiro atoms. The second-order valence-corrected chi connectivity index (χ2v) is 18.2. The third kappa shape index (κ3) is 8.17. The van der Waals surface area contributed by atoms with Crippen molar-refractivity contribution < 1.29 is 28.6 Å². The molecule has 0 bridgehead atoms. The van der Waals surface area contributed by atoms with Crippen LogP contribution in [-0.2, 0) is 22.7 Å². The number of benzene rings is 3. The van der Waals surface area contributed by atoms with Gasteiger partial charge >= 0.3 is 6.01 Å². The molecule has 1 aliphatic carbocycles. The Hall–Kier alpha value is -5.77. The van der Waals surface area contributed by atoms with E-state index in [-0.39, 0.29) is 58.7 Å². The van der Waals surface area contributed by atoms with Crippen molar-refractivity contribution in [1.29, 1.82) is 0 Å². The molecule has 328 valence electrons. The largest absolute Gasteiger partial charge is 0.508 e. The van der Waals surface area contributed by atoms with E-state index in [1.54, 1.807) is 23.2 Å². The van der Waals surface area contributed by atoms with Crippen LogP contribution in [0.4, 0.5) is 10.2 Å². The lowest BCUT2D eigenvalue weighted by molar-refractivity contribution is -0.136. The zero-order valence-electron chi connectivity index (χ0n) is 35.9. The number of hydrogen-bond donors (Lipinski definition) is 3. The highest BCUT2D eigenvalue weighted by Crippen LogP contribution is 2.47. The van der Waals surface area contributed by atoms with E-state index >= 15 is 4.39 Å². The number of nitrogens with zero attached hydrogens (tertiary/aromatic N) is 7. The zero-order chi connectivity index (χ0) is 43.4. The lowest BCUT2D eigenvalue weighted by Gasteiger charge is -2.39. The summed E-state index contributed by atoms with van der Waals surface area (Å²) >= 11 is 0. The van der Waals surface area contributed by atoms with E-state index in [4.69, 9.17) is 14.7 Å². The summed E-state index contributed by atoms with van der Waals surface area (Å²) < 4.78 is 23.5. The fraction of sp³-hybridized carbons (Fsp3) is 0.458. The number of piperazine rings is 2. The molecule has 1 saturated carbocycles. The van der Waals surface area contributed by atoms with Crippen LogP contribution in [0, 0.1) is 11.2 Å². The number of imide groups is 1. The fourth-order valence-electron chi connectivity index (χ4n) is 10.0. The molecule has 6 heterocycles. The van der Waals surface area contributed by atoms with Crippen molar-refractivity contribution in [2.45, 2.75) is 83.6 Å². The van der Waals surface area contributed by atoms with Crippen molar-refractivity contribution in [1.82, 2.24) is 40.3 Å². The predicted octanol–water partition coefficient (Wildman–Crippen LogP) is 5.39. The SMILES string of the molecule is CCC1CN(c2nc(OCC3(CN4CCN(Cc5ccc6c(c5)CN(C5CCC(=O)NC5=O)C6=O)CC4)CC3)nc3c(F)c(-c4cc(O)cc5ccccc45)ncc23)CC(CC)N1. The summed E-state index contributed by atoms with van der Waals surface area (Å²) in [5.41, 5.74) is 3.40. The molecule has 63 heavy (non-hydrogen) atoms. The van der Waals surface area contributed by atoms with E-state index in [9.17, 15) is 19.5 Å². The molecule has 4 aliphatic heterocycles. The van der Waals surface area contributed by atoms with E-state index in [2.05, 4.69) is 50.2 Å². The first-order valence-electron chi connectivity index (χ1n) is 22.5. The highest BCUT2D eigenvalue weighted by Gasteiger charge is 2.46. The zero-order valence-corrected chi connectivity index (χ0v) is 35.9. The maximum absolute atomic E-state index is 17.0. The van der Waals surface area contributed by atoms with Crippen LogP contribution in [0.25, 0.3) is 32.9 Å². The maximum atomic E-state index is 17.0. The summed E-state index contributed by atoms with van der Waals surface area (Å²) in [7, 11) is 0. The minimum atomic E-state index is -0.622. The van der Waals surface area contributed by atoms with Crippen molar-refractivity contribution >= 4 is 45.2 Å². The molecule has 15 heteroatoms. The number of aromatic hydroxyl groups is 1. The van der Waals surface area contributed by atoms with Gasteiger partial charge in [0.05, 0.1) is 12.0 Å². The summed E-state index contributed by atoms with van der Waals surface area (Å²) in [5.74, 6) is -0.768. The number of carbonyl (C=O) groups is 3. The van der Waals surface area contributed by atoms with Gasteiger partial charge in [0.15, 0.2) is 5.82 Å². The van der Waals surface area contributed by atoms with Crippen molar-refractivity contribution in [3.05, 3.63) is 83.3 Å². The number of pyridine rings is 1. The van der Waals surface area contributed by atoms with Crippen LogP contribution in [-0.4, -0.2) is 123 Å². The van der Waals surface area contributed by atoms with Gasteiger partial charge in [-0.1, -0.05) is 50.2 Å². The molecular formula is C48H54FN9O5. The van der Waals surface area contributed by atoms with Gasteiger partial charge in [-0.15, -0.1) is 0 Å². The van der Waals surface area contributed by atoms with Gasteiger partial charge in [-0.25, -0.2) is 4.39 Å². The van der Waals surface area contributed by atoms with E-state index in [1.807, 2.05) is 36.4 Å². The van der Waals surface area contributed by atoms with Gasteiger partial charge in [-0.3, -0.25) is 29.6 Å². The third-order valence-corrected chi connectivity index (χ3v) is 13.9. The molecule has 0 radical (unpaired) electrons. The van der Waals surface area contributed by atoms with Crippen molar-refractivity contribution in [3.8, 4) is 23.0 Å². The lowest BCUT2D eigenvalue weighted by atomic mass is 10.00. The van der Waals surface area contributed by atoms with Gasteiger partial charge in [-0.05, 0) is 72.2 Å². The smallest absolute Gasteiger partial charge is 0.319 e. The summed E-state index contributed by atoms with van der Waals surface area (Å²) in [5, 5.41) is 18.8. The summed E-state index contributed by atoms with van der Waals surface area (Å²) in [6.45, 7) is 11.8. The molecule has 2 aromatic heterocycles. The number of carbonyl (C=O) groups excluding carboxylic acids is 3. The number of halogens is 1. The highest BCUT2D eigenvalue weighted by atomic mass is 19.1. The molecule has 5 aromatic rings. The minimum absolute atomic E-state index is 0.0324. The summed E-state index contributed by atoms with van der Waals surface area (Å²) in [6.07, 6.45) is 6.19. The number of fused-ring (bicyclic) bond motifs is 3. The van der Waals surface area contributed by atoms with Crippen LogP contribution in [0.5, 0.6) is 11.8 Å². The molecule has 3 unspecified atom stereocenters. The number of phenols is 1. The number of nitrogens with one attached hydrogen (secondary N) is 2. The fourth-order valence-corrected chi connectivity index (χ4v) is 10.0. The van der Waals surface area contributed by atoms with E-state index in [0.717, 1.165) is 86.9 Å². The number of amides is 3. The lowest BCUT2D eigenvalue weighted by Crippen LogP contribution is -2.56. The average Bonchev–Trinajstić information content (AvgIpc) is 3.99. The topological polar surface area (TPSA) is 156 Å². The Labute approximate surface area is 365 Å². The van der Waals surface area contributed by atoms with E-state index in [0.29, 0.717) is 55.0 Å². The monoisotopic (exact) mass is 855 g/mol. The predicted molar refractivity (Wildman–Crippen MR) is 237 cm³/mol. The molecule has 3 atom stereocenters. The molecule has 4 fully saturated rings. The average molecular weight is 856 g/mol. The summed E-state index contributed by atoms with van der Waals surface area (Å²) in [4.78, 5) is 60.6. The van der Waals surface area contributed by atoms with Gasteiger partial charge in [-0.2, -0.15) is 9.97 Å². The molecule has 3 aromatic carbocycles. The Bertz CT molecular complexity index is 2600. The maximum Gasteiger partial charge on any atom is 0.319 e. The molecule has 5 aliphatic rings. The van der Waals surface area contributed by atoms with Crippen LogP contribution in [0.3, 0.4) is 0 Å². The first-order valence-corrected chi connectivity index (χ1v) is 22.5. The van der Waals surface area contributed by atoms with Crippen LogP contribution in [0.2, 0.25) is 0 Å². The summed E-state index contributed by atoms with van der Waals surface area (Å²) in [6, 6.07) is 16.8. The number of piperidine rings is 1. The Kier molecular flexibility index (Phi) is 11.0. The van der Waals surface area contributed by atoms with Gasteiger partial charge in [0.25, 0.3) is 5.91 Å². The third-order valence-electron chi connectivity index (χ3n) is 13.9. The van der Waals surface area contributed by atoms with E-state index < -0.39 is 17.8 Å². The Morgan fingerprint density at radius 3 is 2.41 bits per heavy atom. The van der Waals surface area contributed by atoms with Gasteiger partial charge in [0, 0.05) is 100 Å². The van der Waals surface area contributed by atoms with Crippen molar-refractivity contribution in [2.75, 3.05) is 57.3 Å². The molecular weight excluding hydrogens is 802 g/mol. The molecule has 3 amide bonds. The number of ether oxygens (including phenoxy) is 1. The number of rotatable bonds is 12. The second kappa shape index (κ2) is 16.7. The number of aromatic nitrogens is 3. The van der Waals surface area contributed by atoms with Crippen LogP contribution >= 0.6 is 0 Å². The van der Waals surface area contributed by atoms with Crippen molar-refractivity contribution in [3.63, 3.8) is 0 Å². The van der Waals surface area contributed by atoms with Crippen LogP contribution < -0.4 is 20.3 Å². The van der Waals surface area contributed by atoms with Gasteiger partial charge < -0.3 is 29.9 Å². The Morgan fingerprint density at radius 1 is 0.905 bits per heavy atom. The Balaban J connectivity index is 0.828. The molecule has 3 N–H and O–H groups in total. The molecule has 14 nitrogen and oxygen atoms in total. The van der Waals surface area contributed by atoms with Crippen LogP contribution in [0.15, 0.2) is 60.8 Å².